The number of ether oxygens (including phenoxy) is 1. The molecular formula is C21H22F3NO2. The highest BCUT2D eigenvalue weighted by Gasteiger charge is 2.37. The fourth-order valence-corrected chi connectivity index (χ4v) is 3.56. The van der Waals surface area contributed by atoms with E-state index in [1.54, 1.807) is 0 Å². The largest absolute Gasteiger partial charge is 0.457 e. The van der Waals surface area contributed by atoms with Crippen molar-refractivity contribution in [1.82, 2.24) is 0 Å². The summed E-state index contributed by atoms with van der Waals surface area (Å²) in [6.07, 6.45) is 1.56. The molecule has 1 aliphatic carbocycles. The first-order valence-electron chi connectivity index (χ1n) is 9.06. The molecule has 144 valence electrons. The van der Waals surface area contributed by atoms with Crippen LogP contribution in [-0.4, -0.2) is 17.1 Å². The highest BCUT2D eigenvalue weighted by molar-refractivity contribution is 6.04. The Kier molecular flexibility index (Phi) is 5.73. The molecule has 2 aromatic carbocycles. The van der Waals surface area contributed by atoms with Crippen LogP contribution in [0.3, 0.4) is 0 Å². The summed E-state index contributed by atoms with van der Waals surface area (Å²) in [4.78, 5) is 0. The maximum atomic E-state index is 12.8. The van der Waals surface area contributed by atoms with E-state index in [0.29, 0.717) is 17.4 Å². The van der Waals surface area contributed by atoms with E-state index < -0.39 is 11.9 Å². The third kappa shape index (κ3) is 4.62. The van der Waals surface area contributed by atoms with Gasteiger partial charge in [0.25, 0.3) is 0 Å². The van der Waals surface area contributed by atoms with Gasteiger partial charge in [0.05, 0.1) is 0 Å². The van der Waals surface area contributed by atoms with Gasteiger partial charge in [-0.25, -0.2) is 0 Å². The van der Waals surface area contributed by atoms with E-state index in [9.17, 15) is 13.2 Å². The van der Waals surface area contributed by atoms with Crippen LogP contribution in [-0.2, 0) is 0 Å². The molecule has 2 aromatic rings. The van der Waals surface area contributed by atoms with Gasteiger partial charge in [0, 0.05) is 5.56 Å². The normalized spacial score (nSPS) is 16.4. The Morgan fingerprint density at radius 3 is 2.26 bits per heavy atom. The van der Waals surface area contributed by atoms with E-state index in [0.717, 1.165) is 5.56 Å². The molecule has 0 aliphatic heterocycles. The first kappa shape index (κ1) is 19.3. The summed E-state index contributed by atoms with van der Waals surface area (Å²) in [7, 11) is 0. The quantitative estimate of drug-likeness (QED) is 0.372. The standard InChI is InChI=1S/C21H22F3NO2/c1-14-13-17(15-5-3-2-4-6-15)9-12-19(14)27-18-10-7-16(8-11-18)20(25-26)21(22,23)24/h7-13,15,26H,2-6H2,1H3/b25-20-. The van der Waals surface area contributed by atoms with Gasteiger partial charge in [0.2, 0.25) is 0 Å². The lowest BCUT2D eigenvalue weighted by Crippen LogP contribution is -2.23. The van der Waals surface area contributed by atoms with Crippen LogP contribution in [0.5, 0.6) is 11.5 Å². The Hall–Kier alpha value is -2.50. The van der Waals surface area contributed by atoms with Gasteiger partial charge in [-0.3, -0.25) is 0 Å². The zero-order chi connectivity index (χ0) is 19.4. The zero-order valence-corrected chi connectivity index (χ0v) is 15.1. The fraction of sp³-hybridized carbons (Fsp3) is 0.381. The monoisotopic (exact) mass is 377 g/mol. The summed E-state index contributed by atoms with van der Waals surface area (Å²) < 4.78 is 44.1. The van der Waals surface area contributed by atoms with Crippen molar-refractivity contribution in [3.05, 3.63) is 59.2 Å². The zero-order valence-electron chi connectivity index (χ0n) is 15.1. The van der Waals surface area contributed by atoms with Gasteiger partial charge in [0.15, 0.2) is 5.71 Å². The van der Waals surface area contributed by atoms with Crippen LogP contribution in [0.25, 0.3) is 0 Å². The van der Waals surface area contributed by atoms with Crippen LogP contribution in [0.2, 0.25) is 0 Å². The average molecular weight is 377 g/mol. The second-order valence-corrected chi connectivity index (χ2v) is 6.93. The van der Waals surface area contributed by atoms with Crippen molar-refractivity contribution in [2.75, 3.05) is 0 Å². The summed E-state index contributed by atoms with van der Waals surface area (Å²) >= 11 is 0. The molecule has 0 heterocycles. The number of aryl methyl sites for hydroxylation is 1. The van der Waals surface area contributed by atoms with Crippen LogP contribution >= 0.6 is 0 Å². The van der Waals surface area contributed by atoms with E-state index >= 15 is 0 Å². The third-order valence-electron chi connectivity index (χ3n) is 5.00. The van der Waals surface area contributed by atoms with Gasteiger partial charge in [-0.05, 0) is 67.1 Å². The predicted octanol–water partition coefficient (Wildman–Crippen LogP) is 6.58. The lowest BCUT2D eigenvalue weighted by molar-refractivity contribution is -0.0601. The average Bonchev–Trinajstić information content (AvgIpc) is 2.65. The van der Waals surface area contributed by atoms with Crippen molar-refractivity contribution >= 4 is 5.71 Å². The molecule has 1 aliphatic rings. The van der Waals surface area contributed by atoms with Crippen LogP contribution in [0.4, 0.5) is 13.2 Å². The van der Waals surface area contributed by atoms with Gasteiger partial charge in [-0.1, -0.05) is 36.6 Å². The lowest BCUT2D eigenvalue weighted by Gasteiger charge is -2.22. The van der Waals surface area contributed by atoms with Crippen LogP contribution in [0, 0.1) is 6.92 Å². The third-order valence-corrected chi connectivity index (χ3v) is 5.00. The molecule has 0 saturated heterocycles. The Morgan fingerprint density at radius 2 is 1.70 bits per heavy atom. The lowest BCUT2D eigenvalue weighted by atomic mass is 9.83. The Morgan fingerprint density at radius 1 is 1.04 bits per heavy atom. The summed E-state index contributed by atoms with van der Waals surface area (Å²) in [6, 6.07) is 11.4. The maximum absolute atomic E-state index is 12.8. The maximum Gasteiger partial charge on any atom is 0.437 e. The molecule has 0 amide bonds. The number of rotatable bonds is 4. The smallest absolute Gasteiger partial charge is 0.437 e. The molecule has 3 rings (SSSR count). The Balaban J connectivity index is 1.73. The van der Waals surface area contributed by atoms with Gasteiger partial charge in [-0.15, -0.1) is 0 Å². The van der Waals surface area contributed by atoms with E-state index in [4.69, 9.17) is 9.94 Å². The number of hydrogen-bond acceptors (Lipinski definition) is 3. The molecule has 0 atom stereocenters. The van der Waals surface area contributed by atoms with E-state index in [2.05, 4.69) is 17.3 Å². The second kappa shape index (κ2) is 8.03. The molecule has 0 radical (unpaired) electrons. The molecule has 1 N–H and O–H groups in total. The molecule has 0 aromatic heterocycles. The van der Waals surface area contributed by atoms with Crippen molar-refractivity contribution in [2.45, 2.75) is 51.1 Å². The molecule has 6 heteroatoms. The number of benzene rings is 2. The highest BCUT2D eigenvalue weighted by atomic mass is 19.4. The van der Waals surface area contributed by atoms with E-state index in [1.807, 2.05) is 13.0 Å². The molecule has 27 heavy (non-hydrogen) atoms. The number of nitrogens with zero attached hydrogens (tertiary/aromatic N) is 1. The number of halogens is 3. The first-order chi connectivity index (χ1) is 12.9. The first-order valence-corrected chi connectivity index (χ1v) is 9.06. The summed E-state index contributed by atoms with van der Waals surface area (Å²) in [5.41, 5.74) is 0.766. The highest BCUT2D eigenvalue weighted by Crippen LogP contribution is 2.35. The molecule has 3 nitrogen and oxygen atoms in total. The van der Waals surface area contributed by atoms with Crippen LogP contribution in [0.15, 0.2) is 47.6 Å². The van der Waals surface area contributed by atoms with Gasteiger partial charge in [0.1, 0.15) is 11.5 Å². The molecule has 0 bridgehead atoms. The summed E-state index contributed by atoms with van der Waals surface area (Å²) in [5.74, 6) is 1.70. The molecular weight excluding hydrogens is 355 g/mol. The van der Waals surface area contributed by atoms with Crippen molar-refractivity contribution in [3.8, 4) is 11.5 Å². The van der Waals surface area contributed by atoms with Gasteiger partial charge in [-0.2, -0.15) is 13.2 Å². The molecule has 1 saturated carbocycles. The van der Waals surface area contributed by atoms with Crippen molar-refractivity contribution in [2.24, 2.45) is 5.16 Å². The second-order valence-electron chi connectivity index (χ2n) is 6.93. The Labute approximate surface area is 156 Å². The van der Waals surface area contributed by atoms with Gasteiger partial charge >= 0.3 is 6.18 Å². The minimum Gasteiger partial charge on any atom is -0.457 e. The topological polar surface area (TPSA) is 41.8 Å². The number of alkyl halides is 3. The molecule has 0 spiro atoms. The van der Waals surface area contributed by atoms with Crippen LogP contribution < -0.4 is 4.74 Å². The van der Waals surface area contributed by atoms with Crippen molar-refractivity contribution in [1.29, 1.82) is 0 Å². The molecule has 0 unspecified atom stereocenters. The van der Waals surface area contributed by atoms with Crippen molar-refractivity contribution in [3.63, 3.8) is 0 Å². The SMILES string of the molecule is Cc1cc(C2CCCCC2)ccc1Oc1ccc(/C(=N/O)C(F)(F)F)cc1. The van der Waals surface area contributed by atoms with Crippen LogP contribution in [0.1, 0.15) is 54.7 Å². The van der Waals surface area contributed by atoms with Crippen molar-refractivity contribution < 1.29 is 23.1 Å². The van der Waals surface area contributed by atoms with Gasteiger partial charge < -0.3 is 9.94 Å². The predicted molar refractivity (Wildman–Crippen MR) is 97.9 cm³/mol. The minimum atomic E-state index is -4.72. The number of oxime groups is 1. The summed E-state index contributed by atoms with van der Waals surface area (Å²) in [6.45, 7) is 1.97. The van der Waals surface area contributed by atoms with E-state index in [-0.39, 0.29) is 5.56 Å². The number of hydrogen-bond donors (Lipinski definition) is 1. The fourth-order valence-electron chi connectivity index (χ4n) is 3.56. The Bertz CT molecular complexity index is 807. The molecule has 1 fully saturated rings. The minimum absolute atomic E-state index is 0.221. The van der Waals surface area contributed by atoms with E-state index in [1.165, 1.54) is 61.9 Å². The summed E-state index contributed by atoms with van der Waals surface area (Å²) in [5, 5.41) is 11.0.